The average molecular weight is 701 g/mol. The highest BCUT2D eigenvalue weighted by Gasteiger charge is 2.35. The quantitative estimate of drug-likeness (QED) is 0.182. The van der Waals surface area contributed by atoms with E-state index >= 15 is 0 Å². The summed E-state index contributed by atoms with van der Waals surface area (Å²) in [6, 6.07) is 7.15. The predicted molar refractivity (Wildman–Crippen MR) is 180 cm³/mol. The highest BCUT2D eigenvalue weighted by Crippen LogP contribution is 2.29. The average Bonchev–Trinajstić information content (AvgIpc) is 3.04. The molecule has 47 heavy (non-hydrogen) atoms. The molecular formula is C32H53ClN4O9Si. The van der Waals surface area contributed by atoms with Crippen molar-refractivity contribution in [3.8, 4) is 0 Å². The van der Waals surface area contributed by atoms with Crippen molar-refractivity contribution in [2.24, 2.45) is 5.92 Å². The van der Waals surface area contributed by atoms with Crippen LogP contribution in [0.3, 0.4) is 0 Å². The van der Waals surface area contributed by atoms with Crippen LogP contribution < -0.4 is 10.6 Å². The Morgan fingerprint density at radius 1 is 1.17 bits per heavy atom. The first-order chi connectivity index (χ1) is 22.4. The maximum atomic E-state index is 13.7. The molecule has 0 saturated carbocycles. The molecule has 3 rings (SSSR count). The third-order valence-corrected chi connectivity index (χ3v) is 10.2. The Kier molecular flexibility index (Phi) is 16.0. The molecule has 1 aromatic carbocycles. The van der Waals surface area contributed by atoms with E-state index in [1.807, 2.05) is 12.1 Å². The molecule has 0 aromatic heterocycles. The highest BCUT2D eigenvalue weighted by atomic mass is 35.5. The molecule has 266 valence electrons. The summed E-state index contributed by atoms with van der Waals surface area (Å²) in [7, 11) is 1.51. The number of ether oxygens (including phenoxy) is 5. The maximum Gasteiger partial charge on any atom is 0.409 e. The molecule has 15 heteroatoms. The van der Waals surface area contributed by atoms with Crippen molar-refractivity contribution in [2.45, 2.75) is 69.3 Å². The fourth-order valence-corrected chi connectivity index (χ4v) is 6.41. The smallest absolute Gasteiger partial charge is 0.409 e. The van der Waals surface area contributed by atoms with E-state index in [-0.39, 0.29) is 44.8 Å². The zero-order valence-electron chi connectivity index (χ0n) is 28.4. The van der Waals surface area contributed by atoms with Gasteiger partial charge in [0.1, 0.15) is 12.2 Å². The number of carbonyl (C=O) groups is 3. The summed E-state index contributed by atoms with van der Waals surface area (Å²) >= 11 is 6.29. The number of likely N-dealkylation sites (N-methyl/N-ethyl adjacent to an activating group) is 1. The van der Waals surface area contributed by atoms with E-state index in [1.165, 1.54) is 12.0 Å². The monoisotopic (exact) mass is 700 g/mol. The van der Waals surface area contributed by atoms with E-state index in [9.17, 15) is 19.5 Å². The number of nitrogens with one attached hydrogen (secondary N) is 2. The van der Waals surface area contributed by atoms with E-state index in [4.69, 9.17) is 30.5 Å². The standard InChI is InChI=1S/C32H53ClN4O9Si/c1-36(32(41)46-17-18-47(3,4)5)21-27(38)26(19-23-9-13-43-14-10-23)35-30(39)37-12-16-44-28(22-37)29(24-7-6-8-25(33)20-24)45-15-11-34-31(40)42-2/h6-8,20,23,26-29,38H,9-19,21-22H2,1-5H3,(H,34,40)(H,35,39)/t26-,27-,28+,29?/m0/s1. The Morgan fingerprint density at radius 2 is 1.91 bits per heavy atom. The summed E-state index contributed by atoms with van der Waals surface area (Å²) in [4.78, 5) is 40.9. The van der Waals surface area contributed by atoms with Gasteiger partial charge in [-0.2, -0.15) is 0 Å². The van der Waals surface area contributed by atoms with Gasteiger partial charge in [-0.1, -0.05) is 43.4 Å². The number of hydrogen-bond donors (Lipinski definition) is 3. The van der Waals surface area contributed by atoms with Gasteiger partial charge < -0.3 is 49.2 Å². The predicted octanol–water partition coefficient (Wildman–Crippen LogP) is 4.12. The van der Waals surface area contributed by atoms with Crippen molar-refractivity contribution in [1.29, 1.82) is 0 Å². The van der Waals surface area contributed by atoms with Crippen LogP contribution >= 0.6 is 11.6 Å². The Hall–Kier alpha value is -2.62. The zero-order chi connectivity index (χ0) is 34.4. The van der Waals surface area contributed by atoms with Gasteiger partial charge in [0.05, 0.1) is 52.2 Å². The first-order valence-corrected chi connectivity index (χ1v) is 20.4. The molecule has 13 nitrogen and oxygen atoms in total. The molecule has 1 unspecified atom stereocenters. The number of amides is 4. The van der Waals surface area contributed by atoms with Gasteiger partial charge in [0.15, 0.2) is 0 Å². The van der Waals surface area contributed by atoms with Crippen molar-refractivity contribution < 1.29 is 43.2 Å². The third kappa shape index (κ3) is 13.8. The number of rotatable bonds is 15. The van der Waals surface area contributed by atoms with Gasteiger partial charge in [-0.25, -0.2) is 14.4 Å². The highest BCUT2D eigenvalue weighted by molar-refractivity contribution is 6.76. The van der Waals surface area contributed by atoms with Crippen molar-refractivity contribution in [2.75, 3.05) is 73.4 Å². The number of alkyl carbamates (subject to hydrolysis) is 1. The molecule has 2 saturated heterocycles. The number of halogens is 1. The third-order valence-electron chi connectivity index (χ3n) is 8.30. The largest absolute Gasteiger partial charge is 0.453 e. The molecule has 4 amide bonds. The lowest BCUT2D eigenvalue weighted by atomic mass is 9.90. The minimum atomic E-state index is -1.37. The molecule has 2 fully saturated rings. The zero-order valence-corrected chi connectivity index (χ0v) is 30.1. The molecular weight excluding hydrogens is 648 g/mol. The van der Waals surface area contributed by atoms with Crippen LogP contribution in [0.2, 0.25) is 30.7 Å². The summed E-state index contributed by atoms with van der Waals surface area (Å²) in [6.45, 7) is 9.49. The molecule has 1 aromatic rings. The van der Waals surface area contributed by atoms with Gasteiger partial charge in [0.25, 0.3) is 0 Å². The molecule has 0 spiro atoms. The van der Waals surface area contributed by atoms with Gasteiger partial charge in [0.2, 0.25) is 0 Å². The Balaban J connectivity index is 1.67. The SMILES string of the molecule is COC(=O)NCCOC(c1cccc(Cl)c1)[C@H]1CN(C(=O)N[C@@H](CC2CCOCC2)[C@@H](O)CN(C)C(=O)OCC[Si](C)(C)C)CCO1. The second-order valence-corrected chi connectivity index (χ2v) is 19.4. The number of carbonyl (C=O) groups excluding carboxylic acids is 3. The summed E-state index contributed by atoms with van der Waals surface area (Å²) < 4.78 is 27.9. The van der Waals surface area contributed by atoms with Crippen LogP contribution in [0.1, 0.15) is 30.9 Å². The summed E-state index contributed by atoms with van der Waals surface area (Å²) in [5.41, 5.74) is 0.774. The fourth-order valence-electron chi connectivity index (χ4n) is 5.50. The molecule has 2 aliphatic rings. The number of nitrogens with zero attached hydrogens (tertiary/aromatic N) is 2. The molecule has 0 bridgehead atoms. The summed E-state index contributed by atoms with van der Waals surface area (Å²) in [5.74, 6) is 0.259. The van der Waals surface area contributed by atoms with E-state index in [0.29, 0.717) is 37.8 Å². The first-order valence-electron chi connectivity index (χ1n) is 16.4. The van der Waals surface area contributed by atoms with Crippen LogP contribution in [0.15, 0.2) is 24.3 Å². The van der Waals surface area contributed by atoms with Gasteiger partial charge in [0, 0.05) is 46.4 Å². The summed E-state index contributed by atoms with van der Waals surface area (Å²) in [6.07, 6.45) is -0.971. The molecule has 0 radical (unpaired) electrons. The van der Waals surface area contributed by atoms with E-state index in [2.05, 4.69) is 35.0 Å². The van der Waals surface area contributed by atoms with Crippen molar-refractivity contribution in [3.63, 3.8) is 0 Å². The van der Waals surface area contributed by atoms with E-state index in [0.717, 1.165) is 24.4 Å². The second kappa shape index (κ2) is 19.4. The van der Waals surface area contributed by atoms with Crippen LogP contribution in [0.4, 0.5) is 14.4 Å². The van der Waals surface area contributed by atoms with Gasteiger partial charge in [-0.15, -0.1) is 0 Å². The van der Waals surface area contributed by atoms with Crippen LogP contribution in [0, 0.1) is 5.92 Å². The fraction of sp³-hybridized carbons (Fsp3) is 0.719. The molecule has 2 heterocycles. The summed E-state index contributed by atoms with van der Waals surface area (Å²) in [5, 5.41) is 17.5. The number of urea groups is 1. The lowest BCUT2D eigenvalue weighted by molar-refractivity contribution is -0.105. The van der Waals surface area contributed by atoms with E-state index in [1.54, 1.807) is 24.1 Å². The molecule has 3 N–H and O–H groups in total. The molecule has 4 atom stereocenters. The lowest BCUT2D eigenvalue weighted by Crippen LogP contribution is -2.56. The first kappa shape index (κ1) is 38.8. The van der Waals surface area contributed by atoms with Crippen LogP contribution in [-0.2, 0) is 23.7 Å². The number of aliphatic hydroxyl groups is 1. The minimum absolute atomic E-state index is 0.00989. The topological polar surface area (TPSA) is 148 Å². The Morgan fingerprint density at radius 3 is 2.60 bits per heavy atom. The van der Waals surface area contributed by atoms with Crippen molar-refractivity contribution >= 4 is 37.9 Å². The second-order valence-electron chi connectivity index (χ2n) is 13.3. The number of morpholine rings is 1. The van der Waals surface area contributed by atoms with Crippen LogP contribution in [0.5, 0.6) is 0 Å². The van der Waals surface area contributed by atoms with Gasteiger partial charge >= 0.3 is 18.2 Å². The Bertz CT molecular complexity index is 1140. The van der Waals surface area contributed by atoms with Crippen molar-refractivity contribution in [3.05, 3.63) is 34.9 Å². The minimum Gasteiger partial charge on any atom is -0.453 e. The van der Waals surface area contributed by atoms with Crippen molar-refractivity contribution in [1.82, 2.24) is 20.4 Å². The number of aliphatic hydroxyl groups excluding tert-OH is 1. The normalized spacial score (nSPS) is 19.3. The van der Waals surface area contributed by atoms with Gasteiger partial charge in [-0.3, -0.25) is 0 Å². The maximum absolute atomic E-state index is 13.7. The van der Waals surface area contributed by atoms with Crippen LogP contribution in [-0.4, -0.2) is 133 Å². The number of hydrogen-bond acceptors (Lipinski definition) is 9. The number of methoxy groups -OCH3 is 1. The van der Waals surface area contributed by atoms with E-state index < -0.39 is 44.6 Å². The lowest BCUT2D eigenvalue weighted by Gasteiger charge is -2.38. The van der Waals surface area contributed by atoms with Crippen LogP contribution in [0.25, 0.3) is 0 Å². The Labute approximate surface area is 284 Å². The number of benzene rings is 1. The molecule has 2 aliphatic heterocycles. The van der Waals surface area contributed by atoms with Gasteiger partial charge in [-0.05, 0) is 48.9 Å². The molecule has 0 aliphatic carbocycles.